The van der Waals surface area contributed by atoms with Crippen molar-refractivity contribution in [2.75, 3.05) is 6.54 Å². The van der Waals surface area contributed by atoms with Gasteiger partial charge < -0.3 is 5.32 Å². The molecule has 1 unspecified atom stereocenters. The fourth-order valence-electron chi connectivity index (χ4n) is 3.20. The van der Waals surface area contributed by atoms with Crippen LogP contribution in [0, 0.1) is 17.2 Å². The van der Waals surface area contributed by atoms with Crippen LogP contribution in [0.5, 0.6) is 0 Å². The van der Waals surface area contributed by atoms with Crippen LogP contribution in [0.1, 0.15) is 58.1 Å². The van der Waals surface area contributed by atoms with E-state index in [2.05, 4.69) is 26.1 Å². The zero-order chi connectivity index (χ0) is 13.9. The molecule has 1 fully saturated rings. The van der Waals surface area contributed by atoms with Gasteiger partial charge in [-0.3, -0.25) is 0 Å². The van der Waals surface area contributed by atoms with Gasteiger partial charge in [-0.15, -0.1) is 0 Å². The maximum absolute atomic E-state index is 13.1. The average molecular weight is 263 g/mol. The summed E-state index contributed by atoms with van der Waals surface area (Å²) in [6, 6.07) is 7.39. The van der Waals surface area contributed by atoms with Crippen molar-refractivity contribution in [1.82, 2.24) is 5.32 Å². The Morgan fingerprint density at radius 2 is 1.79 bits per heavy atom. The monoisotopic (exact) mass is 263 g/mol. The first-order valence-electron chi connectivity index (χ1n) is 7.51. The molecule has 2 rings (SSSR count). The van der Waals surface area contributed by atoms with Crippen molar-refractivity contribution >= 4 is 0 Å². The highest BCUT2D eigenvalue weighted by molar-refractivity contribution is 5.21. The predicted molar refractivity (Wildman–Crippen MR) is 78.6 cm³/mol. The third kappa shape index (κ3) is 3.79. The van der Waals surface area contributed by atoms with Gasteiger partial charge in [0.25, 0.3) is 0 Å². The van der Waals surface area contributed by atoms with Crippen LogP contribution in [0.15, 0.2) is 24.3 Å². The van der Waals surface area contributed by atoms with E-state index in [1.165, 1.54) is 31.2 Å². The Bertz CT molecular complexity index is 386. The maximum atomic E-state index is 13.1. The molecule has 0 radical (unpaired) electrons. The Morgan fingerprint density at radius 3 is 2.32 bits per heavy atom. The molecular weight excluding hydrogens is 237 g/mol. The van der Waals surface area contributed by atoms with Gasteiger partial charge >= 0.3 is 0 Å². The second-order valence-electron chi connectivity index (χ2n) is 6.59. The molecular formula is C17H26FN. The van der Waals surface area contributed by atoms with Crippen molar-refractivity contribution in [3.8, 4) is 0 Å². The molecule has 0 aliphatic heterocycles. The lowest BCUT2D eigenvalue weighted by Crippen LogP contribution is -2.32. The normalized spacial score (nSPS) is 21.3. The second-order valence-corrected chi connectivity index (χ2v) is 6.59. The molecule has 1 aliphatic carbocycles. The third-order valence-electron chi connectivity index (χ3n) is 4.51. The Labute approximate surface area is 116 Å². The van der Waals surface area contributed by atoms with E-state index in [0.717, 1.165) is 6.54 Å². The minimum absolute atomic E-state index is 0.149. The Hall–Kier alpha value is -0.890. The molecule has 1 nitrogen and oxygen atoms in total. The molecule has 0 heterocycles. The number of hydrogen-bond donors (Lipinski definition) is 1. The Balaban J connectivity index is 2.10. The summed E-state index contributed by atoms with van der Waals surface area (Å²) in [7, 11) is 0. The van der Waals surface area contributed by atoms with Crippen molar-refractivity contribution in [3.05, 3.63) is 35.6 Å². The van der Waals surface area contributed by atoms with Gasteiger partial charge in [0.15, 0.2) is 0 Å². The molecule has 1 aromatic carbocycles. The largest absolute Gasteiger partial charge is 0.310 e. The minimum atomic E-state index is -0.149. The zero-order valence-electron chi connectivity index (χ0n) is 12.4. The summed E-state index contributed by atoms with van der Waals surface area (Å²) < 4.78 is 13.1. The molecule has 0 saturated heterocycles. The minimum Gasteiger partial charge on any atom is -0.310 e. The van der Waals surface area contributed by atoms with Crippen LogP contribution in [-0.4, -0.2) is 6.54 Å². The molecule has 1 N–H and O–H groups in total. The molecule has 1 atom stereocenters. The molecule has 1 saturated carbocycles. The van der Waals surface area contributed by atoms with Crippen LogP contribution < -0.4 is 5.32 Å². The molecule has 1 aliphatic rings. The van der Waals surface area contributed by atoms with E-state index in [1.807, 2.05) is 12.1 Å². The van der Waals surface area contributed by atoms with Crippen molar-refractivity contribution in [3.63, 3.8) is 0 Å². The highest BCUT2D eigenvalue weighted by atomic mass is 19.1. The SMILES string of the molecule is CCNC(c1ccc(F)cc1)C1CCC(C)(C)CC1. The summed E-state index contributed by atoms with van der Waals surface area (Å²) in [6.45, 7) is 7.83. The number of halogens is 1. The van der Waals surface area contributed by atoms with Gasteiger partial charge in [-0.1, -0.05) is 32.9 Å². The van der Waals surface area contributed by atoms with Crippen LogP contribution >= 0.6 is 0 Å². The average Bonchev–Trinajstić information content (AvgIpc) is 2.38. The van der Waals surface area contributed by atoms with Crippen molar-refractivity contribution in [1.29, 1.82) is 0 Å². The quantitative estimate of drug-likeness (QED) is 0.830. The Kier molecular flexibility index (Phi) is 4.62. The second kappa shape index (κ2) is 6.04. The van der Waals surface area contributed by atoms with E-state index >= 15 is 0 Å². The third-order valence-corrected chi connectivity index (χ3v) is 4.51. The molecule has 106 valence electrons. The van der Waals surface area contributed by atoms with E-state index in [1.54, 1.807) is 12.1 Å². The van der Waals surface area contributed by atoms with E-state index < -0.39 is 0 Å². The van der Waals surface area contributed by atoms with Gasteiger partial charge in [0, 0.05) is 6.04 Å². The first kappa shape index (κ1) is 14.5. The first-order valence-corrected chi connectivity index (χ1v) is 7.51. The lowest BCUT2D eigenvalue weighted by Gasteiger charge is -2.38. The fraction of sp³-hybridized carbons (Fsp3) is 0.647. The predicted octanol–water partition coefficient (Wildman–Crippen LogP) is 4.69. The highest BCUT2D eigenvalue weighted by Crippen LogP contribution is 2.42. The van der Waals surface area contributed by atoms with Crippen LogP contribution in [0.25, 0.3) is 0 Å². The van der Waals surface area contributed by atoms with Crippen LogP contribution in [0.4, 0.5) is 4.39 Å². The summed E-state index contributed by atoms with van der Waals surface area (Å²) in [4.78, 5) is 0. The maximum Gasteiger partial charge on any atom is 0.123 e. The topological polar surface area (TPSA) is 12.0 Å². The molecule has 0 spiro atoms. The molecule has 1 aromatic rings. The smallest absolute Gasteiger partial charge is 0.123 e. The van der Waals surface area contributed by atoms with Crippen LogP contribution in [0.3, 0.4) is 0 Å². The lowest BCUT2D eigenvalue weighted by atomic mass is 9.70. The number of rotatable bonds is 4. The number of nitrogens with one attached hydrogen (secondary N) is 1. The number of hydrogen-bond acceptors (Lipinski definition) is 1. The van der Waals surface area contributed by atoms with Gasteiger partial charge in [0.05, 0.1) is 0 Å². The first-order chi connectivity index (χ1) is 9.02. The molecule has 19 heavy (non-hydrogen) atoms. The number of benzene rings is 1. The van der Waals surface area contributed by atoms with Crippen molar-refractivity contribution in [2.24, 2.45) is 11.3 Å². The zero-order valence-corrected chi connectivity index (χ0v) is 12.4. The lowest BCUT2D eigenvalue weighted by molar-refractivity contribution is 0.162. The fourth-order valence-corrected chi connectivity index (χ4v) is 3.20. The van der Waals surface area contributed by atoms with Crippen LogP contribution in [0.2, 0.25) is 0 Å². The summed E-state index contributed by atoms with van der Waals surface area (Å²) in [5.41, 5.74) is 1.73. The van der Waals surface area contributed by atoms with Crippen molar-refractivity contribution < 1.29 is 4.39 Å². The summed E-state index contributed by atoms with van der Waals surface area (Å²) in [5, 5.41) is 3.59. The summed E-state index contributed by atoms with van der Waals surface area (Å²) >= 11 is 0. The molecule has 0 aromatic heterocycles. The highest BCUT2D eigenvalue weighted by Gasteiger charge is 2.31. The van der Waals surface area contributed by atoms with E-state index in [9.17, 15) is 4.39 Å². The van der Waals surface area contributed by atoms with E-state index in [4.69, 9.17) is 0 Å². The van der Waals surface area contributed by atoms with Gasteiger partial charge in [0.2, 0.25) is 0 Å². The van der Waals surface area contributed by atoms with Gasteiger partial charge in [0.1, 0.15) is 5.82 Å². The summed E-state index contributed by atoms with van der Waals surface area (Å²) in [6.07, 6.45) is 5.12. The van der Waals surface area contributed by atoms with Gasteiger partial charge in [-0.2, -0.15) is 0 Å². The van der Waals surface area contributed by atoms with E-state index in [0.29, 0.717) is 17.4 Å². The van der Waals surface area contributed by atoms with Gasteiger partial charge in [-0.25, -0.2) is 4.39 Å². The van der Waals surface area contributed by atoms with Crippen molar-refractivity contribution in [2.45, 2.75) is 52.5 Å². The Morgan fingerprint density at radius 1 is 1.21 bits per heavy atom. The molecule has 0 bridgehead atoms. The van der Waals surface area contributed by atoms with Gasteiger partial charge in [-0.05, 0) is 61.3 Å². The molecule has 0 amide bonds. The van der Waals surface area contributed by atoms with E-state index in [-0.39, 0.29) is 5.82 Å². The van der Waals surface area contributed by atoms with Crippen LogP contribution in [-0.2, 0) is 0 Å². The molecule has 2 heteroatoms. The summed E-state index contributed by atoms with van der Waals surface area (Å²) in [5.74, 6) is 0.530. The standard InChI is InChI=1S/C17H26FN/c1-4-19-16(13-5-7-15(18)8-6-13)14-9-11-17(2,3)12-10-14/h5-8,14,16,19H,4,9-12H2,1-3H3.